The van der Waals surface area contributed by atoms with Crippen LogP contribution in [0, 0.1) is 0 Å². The molecule has 1 aliphatic carbocycles. The molecule has 0 bridgehead atoms. The average molecular weight is 361 g/mol. The normalized spacial score (nSPS) is 12.9. The SMILES string of the molecule is CCOC(=O)c1c(N=C=Nc2ccc(Cl)cc2)sc2c1CCCC2. The third kappa shape index (κ3) is 3.75. The zero-order valence-corrected chi connectivity index (χ0v) is 14.9. The number of aryl methyl sites for hydroxylation is 1. The molecule has 0 aliphatic heterocycles. The second-order valence-corrected chi connectivity index (χ2v) is 6.93. The fourth-order valence-electron chi connectivity index (χ4n) is 2.69. The van der Waals surface area contributed by atoms with Gasteiger partial charge in [0.2, 0.25) is 0 Å². The fraction of sp³-hybridized carbons (Fsp3) is 0.333. The van der Waals surface area contributed by atoms with Crippen LogP contribution in [0.3, 0.4) is 0 Å². The maximum absolute atomic E-state index is 12.3. The Kier molecular flexibility index (Phi) is 5.46. The van der Waals surface area contributed by atoms with Crippen molar-refractivity contribution in [2.24, 2.45) is 9.98 Å². The maximum Gasteiger partial charge on any atom is 0.341 e. The second-order valence-electron chi connectivity index (χ2n) is 5.41. The molecule has 0 fully saturated rings. The Bertz CT molecular complexity index is 805. The van der Waals surface area contributed by atoms with Crippen molar-refractivity contribution in [2.45, 2.75) is 32.6 Å². The van der Waals surface area contributed by atoms with Crippen LogP contribution < -0.4 is 0 Å². The molecule has 0 spiro atoms. The number of esters is 1. The maximum atomic E-state index is 12.3. The molecule has 1 aromatic heterocycles. The van der Waals surface area contributed by atoms with Gasteiger partial charge >= 0.3 is 5.97 Å². The molecule has 0 atom stereocenters. The zero-order valence-electron chi connectivity index (χ0n) is 13.3. The van der Waals surface area contributed by atoms with Crippen LogP contribution in [-0.2, 0) is 17.6 Å². The van der Waals surface area contributed by atoms with Gasteiger partial charge in [-0.1, -0.05) is 11.6 Å². The minimum absolute atomic E-state index is 0.302. The Balaban J connectivity index is 1.94. The molecule has 1 heterocycles. The van der Waals surface area contributed by atoms with Gasteiger partial charge in [0, 0.05) is 9.90 Å². The minimum Gasteiger partial charge on any atom is -0.462 e. The molecule has 24 heavy (non-hydrogen) atoms. The van der Waals surface area contributed by atoms with E-state index < -0.39 is 0 Å². The van der Waals surface area contributed by atoms with Crippen molar-refractivity contribution in [2.75, 3.05) is 6.61 Å². The number of halogens is 1. The number of fused-ring (bicyclic) bond motifs is 1. The van der Waals surface area contributed by atoms with E-state index in [1.165, 1.54) is 4.88 Å². The number of carbonyl (C=O) groups is 1. The Morgan fingerprint density at radius 1 is 1.25 bits per heavy atom. The monoisotopic (exact) mass is 360 g/mol. The smallest absolute Gasteiger partial charge is 0.341 e. The summed E-state index contributed by atoms with van der Waals surface area (Å²) in [6, 6.07) is 9.79. The quantitative estimate of drug-likeness (QED) is 0.526. The summed E-state index contributed by atoms with van der Waals surface area (Å²) in [5.41, 5.74) is 2.40. The molecule has 0 saturated carbocycles. The number of nitrogens with zero attached hydrogens (tertiary/aromatic N) is 2. The third-order valence-corrected chi connectivity index (χ3v) is 5.23. The lowest BCUT2D eigenvalue weighted by atomic mass is 9.95. The van der Waals surface area contributed by atoms with Crippen LogP contribution in [0.4, 0.5) is 10.7 Å². The van der Waals surface area contributed by atoms with Crippen LogP contribution >= 0.6 is 22.9 Å². The van der Waals surface area contributed by atoms with Gasteiger partial charge in [-0.25, -0.2) is 4.79 Å². The lowest BCUT2D eigenvalue weighted by Gasteiger charge is -2.11. The molecule has 0 unspecified atom stereocenters. The summed E-state index contributed by atoms with van der Waals surface area (Å²) in [6.07, 6.45) is 4.15. The first-order valence-electron chi connectivity index (χ1n) is 7.92. The summed E-state index contributed by atoms with van der Waals surface area (Å²) >= 11 is 7.39. The standard InChI is InChI=1S/C18H17ClN2O2S/c1-2-23-18(22)16-14-5-3-4-6-15(14)24-17(16)21-11-20-13-9-7-12(19)8-10-13/h7-10H,2-6H2,1H3. The van der Waals surface area contributed by atoms with E-state index in [0.29, 0.717) is 27.9 Å². The fourth-order valence-corrected chi connectivity index (χ4v) is 4.02. The van der Waals surface area contributed by atoms with Crippen molar-refractivity contribution in [3.63, 3.8) is 0 Å². The van der Waals surface area contributed by atoms with E-state index >= 15 is 0 Å². The number of benzene rings is 1. The molecule has 0 N–H and O–H groups in total. The first-order valence-corrected chi connectivity index (χ1v) is 9.12. The molecule has 0 amide bonds. The van der Waals surface area contributed by atoms with E-state index in [1.54, 1.807) is 35.6 Å². The molecule has 6 heteroatoms. The Morgan fingerprint density at radius 2 is 2.00 bits per heavy atom. The molecule has 124 valence electrons. The van der Waals surface area contributed by atoms with Gasteiger partial charge in [-0.15, -0.1) is 11.3 Å². The molecular weight excluding hydrogens is 344 g/mol. The van der Waals surface area contributed by atoms with E-state index in [1.807, 2.05) is 6.92 Å². The van der Waals surface area contributed by atoms with Gasteiger partial charge in [0.15, 0.2) is 0 Å². The van der Waals surface area contributed by atoms with Crippen molar-refractivity contribution < 1.29 is 9.53 Å². The lowest BCUT2D eigenvalue weighted by molar-refractivity contribution is 0.0526. The highest BCUT2D eigenvalue weighted by molar-refractivity contribution is 7.16. The Labute approximate surface area is 149 Å². The largest absolute Gasteiger partial charge is 0.462 e. The molecule has 0 saturated heterocycles. The molecule has 2 aromatic rings. The van der Waals surface area contributed by atoms with Crippen molar-refractivity contribution in [3.05, 3.63) is 45.3 Å². The van der Waals surface area contributed by atoms with Gasteiger partial charge in [0.1, 0.15) is 16.6 Å². The van der Waals surface area contributed by atoms with Crippen LogP contribution in [0.1, 0.15) is 40.6 Å². The van der Waals surface area contributed by atoms with E-state index in [4.69, 9.17) is 16.3 Å². The third-order valence-electron chi connectivity index (χ3n) is 3.79. The Morgan fingerprint density at radius 3 is 2.75 bits per heavy atom. The highest BCUT2D eigenvalue weighted by Gasteiger charge is 2.26. The van der Waals surface area contributed by atoms with Gasteiger partial charge in [-0.05, 0) is 62.4 Å². The second kappa shape index (κ2) is 7.75. The van der Waals surface area contributed by atoms with Crippen LogP contribution in [0.25, 0.3) is 0 Å². The van der Waals surface area contributed by atoms with Crippen molar-refractivity contribution in [3.8, 4) is 0 Å². The van der Waals surface area contributed by atoms with Gasteiger partial charge in [-0.3, -0.25) is 0 Å². The Hall–Kier alpha value is -1.94. The summed E-state index contributed by atoms with van der Waals surface area (Å²) in [5, 5.41) is 1.29. The van der Waals surface area contributed by atoms with Gasteiger partial charge in [0.05, 0.1) is 12.3 Å². The molecule has 1 aromatic carbocycles. The summed E-state index contributed by atoms with van der Waals surface area (Å²) in [5.74, 6) is -0.302. The molecular formula is C18H17ClN2O2S. The number of carbonyl (C=O) groups excluding carboxylic acids is 1. The molecule has 3 rings (SSSR count). The van der Waals surface area contributed by atoms with Gasteiger partial charge in [-0.2, -0.15) is 9.98 Å². The predicted molar refractivity (Wildman–Crippen MR) is 97.6 cm³/mol. The van der Waals surface area contributed by atoms with E-state index in [-0.39, 0.29) is 5.97 Å². The number of hydrogen-bond acceptors (Lipinski definition) is 5. The molecule has 4 nitrogen and oxygen atoms in total. The van der Waals surface area contributed by atoms with Crippen molar-refractivity contribution in [1.29, 1.82) is 0 Å². The molecule has 1 aliphatic rings. The summed E-state index contributed by atoms with van der Waals surface area (Å²) in [7, 11) is 0. The van der Waals surface area contributed by atoms with Gasteiger partial charge in [0.25, 0.3) is 0 Å². The van der Waals surface area contributed by atoms with Crippen molar-refractivity contribution >= 4 is 45.6 Å². The lowest BCUT2D eigenvalue weighted by Crippen LogP contribution is -2.09. The number of ether oxygens (including phenoxy) is 1. The molecule has 0 radical (unpaired) electrons. The van der Waals surface area contributed by atoms with Gasteiger partial charge < -0.3 is 4.74 Å². The number of aliphatic imine (C=N–C) groups is 2. The summed E-state index contributed by atoms with van der Waals surface area (Å²) in [4.78, 5) is 22.0. The topological polar surface area (TPSA) is 51.0 Å². The van der Waals surface area contributed by atoms with E-state index in [9.17, 15) is 4.79 Å². The average Bonchev–Trinajstić information content (AvgIpc) is 2.95. The highest BCUT2D eigenvalue weighted by atomic mass is 35.5. The summed E-state index contributed by atoms with van der Waals surface area (Å²) < 4.78 is 5.21. The minimum atomic E-state index is -0.302. The van der Waals surface area contributed by atoms with Crippen LogP contribution in [0.2, 0.25) is 5.02 Å². The number of thiophene rings is 1. The number of rotatable bonds is 4. The van der Waals surface area contributed by atoms with Crippen molar-refractivity contribution in [1.82, 2.24) is 0 Å². The first kappa shape index (κ1) is 16.9. The van der Waals surface area contributed by atoms with E-state index in [0.717, 1.165) is 31.2 Å². The first-order chi connectivity index (χ1) is 11.7. The van der Waals surface area contributed by atoms with E-state index in [2.05, 4.69) is 16.0 Å². The predicted octanol–water partition coefficient (Wildman–Crippen LogP) is 5.59. The van der Waals surface area contributed by atoms with Crippen LogP contribution in [0.5, 0.6) is 0 Å². The zero-order chi connectivity index (χ0) is 16.9. The number of hydrogen-bond donors (Lipinski definition) is 0. The van der Waals surface area contributed by atoms with Crippen LogP contribution in [-0.4, -0.2) is 18.6 Å². The van der Waals surface area contributed by atoms with Crippen LogP contribution in [0.15, 0.2) is 34.3 Å². The summed E-state index contributed by atoms with van der Waals surface area (Å²) in [6.45, 7) is 2.16. The highest BCUT2D eigenvalue weighted by Crippen LogP contribution is 2.40.